The Morgan fingerprint density at radius 2 is 2.35 bits per heavy atom. The molecule has 2 aromatic rings. The Morgan fingerprint density at radius 3 is 3.15 bits per heavy atom. The lowest BCUT2D eigenvalue weighted by atomic mass is 10.1. The molecule has 1 aromatic carbocycles. The van der Waals surface area contributed by atoms with Gasteiger partial charge in [0.1, 0.15) is 0 Å². The van der Waals surface area contributed by atoms with E-state index in [9.17, 15) is 4.79 Å². The normalized spacial score (nSPS) is 18.5. The lowest BCUT2D eigenvalue weighted by molar-refractivity contribution is -0.123. The first kappa shape index (κ1) is 13.3. The van der Waals surface area contributed by atoms with Crippen molar-refractivity contribution >= 4 is 38.7 Å². The quantitative estimate of drug-likeness (QED) is 0.912. The number of nitrogens with zero attached hydrogens (tertiary/aromatic N) is 3. The van der Waals surface area contributed by atoms with Gasteiger partial charge in [0, 0.05) is 36.2 Å². The zero-order chi connectivity index (χ0) is 14.1. The fraction of sp³-hybridized carbons (Fsp3) is 0.357. The summed E-state index contributed by atoms with van der Waals surface area (Å²) in [6.45, 7) is 1.50. The third-order valence-electron chi connectivity index (χ3n) is 3.62. The number of hydrogen-bond acceptors (Lipinski definition) is 4. The summed E-state index contributed by atoms with van der Waals surface area (Å²) in [7, 11) is 1.68. The average Bonchev–Trinajstić information content (AvgIpc) is 2.95. The summed E-state index contributed by atoms with van der Waals surface area (Å²) in [6, 6.07) is 5.93. The highest BCUT2D eigenvalue weighted by Crippen LogP contribution is 2.24. The number of aromatic nitrogens is 2. The highest BCUT2D eigenvalue weighted by Gasteiger charge is 2.29. The lowest BCUT2D eigenvalue weighted by Crippen LogP contribution is -2.30. The summed E-state index contributed by atoms with van der Waals surface area (Å²) in [4.78, 5) is 22.7. The summed E-state index contributed by atoms with van der Waals surface area (Å²) in [5.41, 5.74) is 0.918. The number of halogens is 1. The molecule has 1 N–H and O–H groups in total. The number of amides is 1. The molecule has 0 saturated carbocycles. The van der Waals surface area contributed by atoms with Crippen molar-refractivity contribution in [2.24, 2.45) is 5.92 Å². The van der Waals surface area contributed by atoms with Crippen molar-refractivity contribution in [3.63, 3.8) is 0 Å². The van der Waals surface area contributed by atoms with Gasteiger partial charge in [0.15, 0.2) is 0 Å². The molecule has 1 aromatic heterocycles. The average molecular weight is 335 g/mol. The summed E-state index contributed by atoms with van der Waals surface area (Å²) >= 11 is 3.44. The van der Waals surface area contributed by atoms with Crippen molar-refractivity contribution in [2.75, 3.05) is 25.0 Å². The SMILES string of the molecule is CNC(=O)C1CCN(c2ncc3cc(Br)ccc3n2)C1. The third kappa shape index (κ3) is 2.47. The molecular weight excluding hydrogens is 320 g/mol. The van der Waals surface area contributed by atoms with Gasteiger partial charge in [0.25, 0.3) is 0 Å². The van der Waals surface area contributed by atoms with E-state index in [0.717, 1.165) is 28.3 Å². The molecule has 2 heterocycles. The molecule has 1 aliphatic heterocycles. The number of anilines is 1. The van der Waals surface area contributed by atoms with Crippen LogP contribution in [0.15, 0.2) is 28.9 Å². The highest BCUT2D eigenvalue weighted by atomic mass is 79.9. The number of carbonyl (C=O) groups excluding carboxylic acids is 1. The zero-order valence-corrected chi connectivity index (χ0v) is 12.7. The Labute approximate surface area is 125 Å². The van der Waals surface area contributed by atoms with Gasteiger partial charge >= 0.3 is 0 Å². The van der Waals surface area contributed by atoms with Gasteiger partial charge in [-0.2, -0.15) is 0 Å². The summed E-state index contributed by atoms with van der Waals surface area (Å²) in [5.74, 6) is 0.827. The smallest absolute Gasteiger partial charge is 0.225 e. The maximum Gasteiger partial charge on any atom is 0.225 e. The van der Waals surface area contributed by atoms with Crippen LogP contribution < -0.4 is 10.2 Å². The van der Waals surface area contributed by atoms with Crippen LogP contribution in [0.1, 0.15) is 6.42 Å². The molecule has 0 bridgehead atoms. The molecule has 0 aliphatic carbocycles. The molecule has 6 heteroatoms. The Bertz CT molecular complexity index is 661. The van der Waals surface area contributed by atoms with Crippen molar-refractivity contribution in [1.29, 1.82) is 0 Å². The molecule has 1 atom stereocenters. The van der Waals surface area contributed by atoms with Gasteiger partial charge < -0.3 is 10.2 Å². The minimum absolute atomic E-state index is 0.0317. The maximum absolute atomic E-state index is 11.7. The van der Waals surface area contributed by atoms with Crippen LogP contribution in [0.4, 0.5) is 5.95 Å². The van der Waals surface area contributed by atoms with Gasteiger partial charge in [-0.25, -0.2) is 9.97 Å². The van der Waals surface area contributed by atoms with E-state index in [1.165, 1.54) is 0 Å². The number of hydrogen-bond donors (Lipinski definition) is 1. The second-order valence-corrected chi connectivity index (χ2v) is 5.83. The Morgan fingerprint density at radius 1 is 1.50 bits per heavy atom. The first-order valence-electron chi connectivity index (χ1n) is 6.56. The standard InChI is InChI=1S/C14H15BrN4O/c1-16-13(20)9-4-5-19(8-9)14-17-7-10-6-11(15)2-3-12(10)18-14/h2-3,6-7,9H,4-5,8H2,1H3,(H,16,20). The Kier molecular flexibility index (Phi) is 3.56. The van der Waals surface area contributed by atoms with Gasteiger partial charge in [0.2, 0.25) is 11.9 Å². The van der Waals surface area contributed by atoms with Gasteiger partial charge in [-0.15, -0.1) is 0 Å². The molecule has 104 valence electrons. The van der Waals surface area contributed by atoms with E-state index in [2.05, 4.69) is 36.1 Å². The van der Waals surface area contributed by atoms with Gasteiger partial charge in [-0.05, 0) is 24.6 Å². The highest BCUT2D eigenvalue weighted by molar-refractivity contribution is 9.10. The van der Waals surface area contributed by atoms with Crippen LogP contribution in [0.3, 0.4) is 0 Å². The van der Waals surface area contributed by atoms with E-state index in [-0.39, 0.29) is 11.8 Å². The molecule has 0 spiro atoms. The summed E-state index contributed by atoms with van der Waals surface area (Å²) in [5, 5.41) is 3.71. The van der Waals surface area contributed by atoms with Crippen LogP contribution in [-0.2, 0) is 4.79 Å². The van der Waals surface area contributed by atoms with Crippen LogP contribution in [0.25, 0.3) is 10.9 Å². The first-order chi connectivity index (χ1) is 9.67. The molecule has 0 radical (unpaired) electrons. The topological polar surface area (TPSA) is 58.1 Å². The second-order valence-electron chi connectivity index (χ2n) is 4.92. The number of nitrogens with one attached hydrogen (secondary N) is 1. The molecular formula is C14H15BrN4O. The van der Waals surface area contributed by atoms with Crippen molar-refractivity contribution in [2.45, 2.75) is 6.42 Å². The van der Waals surface area contributed by atoms with Crippen LogP contribution in [-0.4, -0.2) is 36.0 Å². The fourth-order valence-electron chi connectivity index (χ4n) is 2.51. The maximum atomic E-state index is 11.7. The Balaban J connectivity index is 1.84. The molecule has 20 heavy (non-hydrogen) atoms. The van der Waals surface area contributed by atoms with Gasteiger partial charge in [-0.3, -0.25) is 4.79 Å². The van der Waals surface area contributed by atoms with Crippen molar-refractivity contribution in [3.05, 3.63) is 28.9 Å². The van der Waals surface area contributed by atoms with E-state index in [4.69, 9.17) is 0 Å². The number of carbonyl (C=O) groups is 1. The molecule has 1 fully saturated rings. The van der Waals surface area contributed by atoms with Gasteiger partial charge in [-0.1, -0.05) is 15.9 Å². The third-order valence-corrected chi connectivity index (χ3v) is 4.11. The number of rotatable bonds is 2. The van der Waals surface area contributed by atoms with Crippen LogP contribution >= 0.6 is 15.9 Å². The molecule has 3 rings (SSSR count). The predicted octanol–water partition coefficient (Wildman–Crippen LogP) is 1.96. The summed E-state index contributed by atoms with van der Waals surface area (Å²) in [6.07, 6.45) is 2.68. The second kappa shape index (κ2) is 5.36. The van der Waals surface area contributed by atoms with Crippen LogP contribution in [0, 0.1) is 5.92 Å². The lowest BCUT2D eigenvalue weighted by Gasteiger charge is -2.16. The van der Waals surface area contributed by atoms with Gasteiger partial charge in [0.05, 0.1) is 11.4 Å². The minimum atomic E-state index is 0.0317. The van der Waals surface area contributed by atoms with Crippen LogP contribution in [0.2, 0.25) is 0 Å². The number of benzene rings is 1. The minimum Gasteiger partial charge on any atom is -0.359 e. The molecule has 1 saturated heterocycles. The largest absolute Gasteiger partial charge is 0.359 e. The van der Waals surface area contributed by atoms with Crippen molar-refractivity contribution < 1.29 is 4.79 Å². The molecule has 1 unspecified atom stereocenters. The monoisotopic (exact) mass is 334 g/mol. The molecule has 1 amide bonds. The van der Waals surface area contributed by atoms with E-state index >= 15 is 0 Å². The van der Waals surface area contributed by atoms with E-state index in [1.54, 1.807) is 7.05 Å². The van der Waals surface area contributed by atoms with E-state index < -0.39 is 0 Å². The first-order valence-corrected chi connectivity index (χ1v) is 7.35. The van der Waals surface area contributed by atoms with Crippen molar-refractivity contribution in [1.82, 2.24) is 15.3 Å². The fourth-order valence-corrected chi connectivity index (χ4v) is 2.89. The Hall–Kier alpha value is -1.69. The summed E-state index contributed by atoms with van der Waals surface area (Å²) < 4.78 is 1.02. The number of fused-ring (bicyclic) bond motifs is 1. The molecule has 1 aliphatic rings. The van der Waals surface area contributed by atoms with Crippen molar-refractivity contribution in [3.8, 4) is 0 Å². The zero-order valence-electron chi connectivity index (χ0n) is 11.1. The van der Waals surface area contributed by atoms with E-state index in [0.29, 0.717) is 12.5 Å². The van der Waals surface area contributed by atoms with E-state index in [1.807, 2.05) is 24.4 Å². The predicted molar refractivity (Wildman–Crippen MR) is 81.6 cm³/mol. The van der Waals surface area contributed by atoms with Crippen LogP contribution in [0.5, 0.6) is 0 Å². The molecule has 5 nitrogen and oxygen atoms in total.